The average Bonchev–Trinajstić information content (AvgIpc) is 3.55. The van der Waals surface area contributed by atoms with Crippen LogP contribution in [-0.4, -0.2) is 56.2 Å². The maximum atomic E-state index is 13.0. The second-order valence-electron chi connectivity index (χ2n) is 9.14. The molecule has 1 N–H and O–H groups in total. The van der Waals surface area contributed by atoms with Gasteiger partial charge in [-0.2, -0.15) is 5.10 Å². The predicted octanol–water partition coefficient (Wildman–Crippen LogP) is 5.03. The van der Waals surface area contributed by atoms with Gasteiger partial charge in [-0.1, -0.05) is 11.6 Å². The number of halogens is 1. The van der Waals surface area contributed by atoms with Crippen molar-refractivity contribution in [3.8, 4) is 11.6 Å². The molecule has 1 aliphatic heterocycles. The lowest BCUT2D eigenvalue weighted by Crippen LogP contribution is -2.40. The molecule has 0 atom stereocenters. The summed E-state index contributed by atoms with van der Waals surface area (Å²) in [5.74, 6) is 1.02. The lowest BCUT2D eigenvalue weighted by Gasteiger charge is -2.31. The summed E-state index contributed by atoms with van der Waals surface area (Å²) < 4.78 is 7.31. The van der Waals surface area contributed by atoms with Crippen molar-refractivity contribution in [3.63, 3.8) is 0 Å². The summed E-state index contributed by atoms with van der Waals surface area (Å²) in [6.45, 7) is 5.09. The van der Waals surface area contributed by atoms with Crippen LogP contribution in [0.5, 0.6) is 5.75 Å². The number of benzene rings is 1. The van der Waals surface area contributed by atoms with Crippen LogP contribution >= 0.6 is 22.9 Å². The Morgan fingerprint density at radius 2 is 1.92 bits per heavy atom. The molecule has 1 fully saturated rings. The number of rotatable bonds is 7. The summed E-state index contributed by atoms with van der Waals surface area (Å²) in [6.07, 6.45) is 3.24. The highest BCUT2D eigenvalue weighted by atomic mass is 35.5. The fourth-order valence-corrected chi connectivity index (χ4v) is 5.51. The van der Waals surface area contributed by atoms with E-state index in [1.807, 2.05) is 24.8 Å². The minimum Gasteiger partial charge on any atom is -0.484 e. The fourth-order valence-electron chi connectivity index (χ4n) is 4.42. The first-order chi connectivity index (χ1) is 18.4. The zero-order chi connectivity index (χ0) is 26.6. The van der Waals surface area contributed by atoms with Crippen molar-refractivity contribution >= 4 is 40.4 Å². The van der Waals surface area contributed by atoms with Crippen LogP contribution in [0.1, 0.15) is 45.6 Å². The molecule has 0 saturated carbocycles. The van der Waals surface area contributed by atoms with Gasteiger partial charge in [0.05, 0.1) is 16.4 Å². The number of nitrogens with one attached hydrogen (secondary N) is 1. The minimum atomic E-state index is -0.296. The van der Waals surface area contributed by atoms with Crippen molar-refractivity contribution in [3.05, 3.63) is 81.2 Å². The Bertz CT molecular complexity index is 1440. The van der Waals surface area contributed by atoms with Crippen LogP contribution in [0.15, 0.2) is 54.0 Å². The molecule has 196 valence electrons. The van der Waals surface area contributed by atoms with Gasteiger partial charge in [-0.25, -0.2) is 14.6 Å². The minimum absolute atomic E-state index is 0.0121. The van der Waals surface area contributed by atoms with Crippen LogP contribution < -0.4 is 10.1 Å². The van der Waals surface area contributed by atoms with Crippen LogP contribution in [0.25, 0.3) is 5.82 Å². The number of anilines is 1. The molecule has 4 aromatic rings. The number of nitrogens with zero attached hydrogens (tertiary/aromatic N) is 5. The van der Waals surface area contributed by atoms with Crippen LogP contribution in [0.4, 0.5) is 5.69 Å². The molecule has 1 saturated heterocycles. The number of thiazole rings is 1. The third-order valence-corrected chi connectivity index (χ3v) is 7.63. The van der Waals surface area contributed by atoms with E-state index in [0.29, 0.717) is 41.1 Å². The van der Waals surface area contributed by atoms with E-state index in [1.165, 1.54) is 11.3 Å². The Morgan fingerprint density at radius 3 is 2.63 bits per heavy atom. The van der Waals surface area contributed by atoms with Gasteiger partial charge in [0, 0.05) is 41.3 Å². The molecule has 38 heavy (non-hydrogen) atoms. The number of likely N-dealkylation sites (tertiary alicyclic amines) is 1. The first kappa shape index (κ1) is 25.9. The number of piperidine rings is 1. The van der Waals surface area contributed by atoms with Crippen molar-refractivity contribution < 1.29 is 14.3 Å². The SMILES string of the molecule is Cc1cc(C)n(-c2ncccc2NC(=O)c2csc(C3CCN(C(=O)COc4ccc(Cl)cc4)CC3)n2)n1. The number of amides is 2. The van der Waals surface area contributed by atoms with Crippen molar-refractivity contribution in [1.82, 2.24) is 24.6 Å². The Morgan fingerprint density at radius 1 is 1.16 bits per heavy atom. The molecular weight excluding hydrogens is 524 g/mol. The fraction of sp³-hybridized carbons (Fsp3) is 0.296. The molecule has 4 heterocycles. The quantitative estimate of drug-likeness (QED) is 0.346. The number of pyridine rings is 1. The van der Waals surface area contributed by atoms with E-state index >= 15 is 0 Å². The average molecular weight is 551 g/mol. The molecule has 0 spiro atoms. The molecule has 5 rings (SSSR count). The molecule has 2 amide bonds. The molecule has 0 unspecified atom stereocenters. The van der Waals surface area contributed by atoms with Crippen LogP contribution in [0, 0.1) is 13.8 Å². The standard InChI is InChI=1S/C27H27ClN6O3S/c1-17-14-18(2)34(32-17)25-22(4-3-11-29-25)30-26(36)23-16-38-27(31-23)19-9-12-33(13-10-19)24(35)15-37-21-7-5-20(28)6-8-21/h3-8,11,14,16,19H,9-10,12-13,15H2,1-2H3,(H,30,36). The molecule has 1 aliphatic rings. The van der Waals surface area contributed by atoms with Crippen molar-refractivity contribution in [2.45, 2.75) is 32.6 Å². The second kappa shape index (κ2) is 11.3. The lowest BCUT2D eigenvalue weighted by molar-refractivity contribution is -0.134. The van der Waals surface area contributed by atoms with E-state index in [9.17, 15) is 9.59 Å². The summed E-state index contributed by atoms with van der Waals surface area (Å²) >= 11 is 7.36. The van der Waals surface area contributed by atoms with Crippen LogP contribution in [0.2, 0.25) is 5.02 Å². The highest BCUT2D eigenvalue weighted by molar-refractivity contribution is 7.10. The zero-order valence-corrected chi connectivity index (χ0v) is 22.6. The largest absolute Gasteiger partial charge is 0.484 e. The van der Waals surface area contributed by atoms with E-state index < -0.39 is 0 Å². The summed E-state index contributed by atoms with van der Waals surface area (Å²) in [4.78, 5) is 36.5. The number of carbonyl (C=O) groups is 2. The summed E-state index contributed by atoms with van der Waals surface area (Å²) in [7, 11) is 0. The maximum Gasteiger partial charge on any atom is 0.275 e. The van der Waals surface area contributed by atoms with Gasteiger partial charge in [0.2, 0.25) is 0 Å². The van der Waals surface area contributed by atoms with Crippen molar-refractivity contribution in [2.24, 2.45) is 0 Å². The number of aryl methyl sites for hydroxylation is 2. The number of aromatic nitrogens is 4. The first-order valence-electron chi connectivity index (χ1n) is 12.3. The smallest absolute Gasteiger partial charge is 0.275 e. The molecule has 3 aromatic heterocycles. The van der Waals surface area contributed by atoms with E-state index in [2.05, 4.69) is 20.4 Å². The Labute approximate surface area is 229 Å². The Hall–Kier alpha value is -3.76. The number of hydrogen-bond acceptors (Lipinski definition) is 7. The third kappa shape index (κ3) is 5.87. The zero-order valence-electron chi connectivity index (χ0n) is 21.1. The van der Waals surface area contributed by atoms with Crippen molar-refractivity contribution in [1.29, 1.82) is 0 Å². The Balaban J connectivity index is 1.17. The van der Waals surface area contributed by atoms with Crippen molar-refractivity contribution in [2.75, 3.05) is 25.0 Å². The number of ether oxygens (including phenoxy) is 1. The normalized spacial score (nSPS) is 13.9. The summed E-state index contributed by atoms with van der Waals surface area (Å²) in [5.41, 5.74) is 2.72. The van der Waals surface area contributed by atoms with Gasteiger partial charge in [0.15, 0.2) is 12.4 Å². The van der Waals surface area contributed by atoms with Crippen LogP contribution in [-0.2, 0) is 4.79 Å². The van der Waals surface area contributed by atoms with Crippen LogP contribution in [0.3, 0.4) is 0 Å². The molecule has 9 nitrogen and oxygen atoms in total. The number of carbonyl (C=O) groups excluding carboxylic acids is 2. The first-order valence-corrected chi connectivity index (χ1v) is 13.5. The Kier molecular flexibility index (Phi) is 7.71. The molecular formula is C27H27ClN6O3S. The predicted molar refractivity (Wildman–Crippen MR) is 146 cm³/mol. The molecule has 0 radical (unpaired) electrons. The highest BCUT2D eigenvalue weighted by Crippen LogP contribution is 2.31. The second-order valence-corrected chi connectivity index (χ2v) is 10.5. The van der Waals surface area contributed by atoms with Gasteiger partial charge in [-0.05, 0) is 69.2 Å². The van der Waals surface area contributed by atoms with Gasteiger partial charge < -0.3 is 15.0 Å². The van der Waals surface area contributed by atoms with E-state index in [4.69, 9.17) is 16.3 Å². The maximum absolute atomic E-state index is 13.0. The van der Waals surface area contributed by atoms with Gasteiger partial charge in [0.1, 0.15) is 11.4 Å². The summed E-state index contributed by atoms with van der Waals surface area (Å²) in [5, 5.41) is 10.7. The highest BCUT2D eigenvalue weighted by Gasteiger charge is 2.27. The van der Waals surface area contributed by atoms with Gasteiger partial charge in [-0.15, -0.1) is 11.3 Å². The molecule has 0 bridgehead atoms. The van der Waals surface area contributed by atoms with E-state index in [-0.39, 0.29) is 24.3 Å². The molecule has 11 heteroatoms. The van der Waals surface area contributed by atoms with E-state index in [1.54, 1.807) is 52.7 Å². The van der Waals surface area contributed by atoms with Gasteiger partial charge in [-0.3, -0.25) is 9.59 Å². The number of hydrogen-bond donors (Lipinski definition) is 1. The van der Waals surface area contributed by atoms with E-state index in [0.717, 1.165) is 29.2 Å². The molecule has 0 aliphatic carbocycles. The van der Waals surface area contributed by atoms with Gasteiger partial charge in [0.25, 0.3) is 11.8 Å². The van der Waals surface area contributed by atoms with Gasteiger partial charge >= 0.3 is 0 Å². The third-order valence-electron chi connectivity index (χ3n) is 6.37. The topological polar surface area (TPSA) is 102 Å². The summed E-state index contributed by atoms with van der Waals surface area (Å²) in [6, 6.07) is 12.5. The monoisotopic (exact) mass is 550 g/mol. The molecule has 1 aromatic carbocycles. The lowest BCUT2D eigenvalue weighted by atomic mass is 9.97.